The summed E-state index contributed by atoms with van der Waals surface area (Å²) in [5, 5.41) is 3.79. The van der Waals surface area contributed by atoms with Gasteiger partial charge in [-0.15, -0.1) is 0 Å². The van der Waals surface area contributed by atoms with E-state index in [-0.39, 0.29) is 11.9 Å². The molecule has 3 aromatic carbocycles. The van der Waals surface area contributed by atoms with Crippen molar-refractivity contribution in [2.24, 2.45) is 0 Å². The molecule has 194 valence electrons. The number of nitrogens with one attached hydrogen (secondary N) is 2. The van der Waals surface area contributed by atoms with Crippen LogP contribution in [-0.4, -0.2) is 64.2 Å². The number of nitrogens with zero attached hydrogens (tertiary/aromatic N) is 3. The molecule has 5 rings (SSSR count). The number of ether oxygens (including phenoxy) is 1. The van der Waals surface area contributed by atoms with Crippen molar-refractivity contribution >= 4 is 45.2 Å². The lowest BCUT2D eigenvalue weighted by molar-refractivity contribution is 0.0671. The van der Waals surface area contributed by atoms with Crippen molar-refractivity contribution in [1.29, 1.82) is 0 Å². The molecule has 1 aromatic heterocycles. The summed E-state index contributed by atoms with van der Waals surface area (Å²) in [6, 6.07) is 23.2. The summed E-state index contributed by atoms with van der Waals surface area (Å²) in [4.78, 5) is 34.0. The molecule has 0 aliphatic carbocycles. The fraction of sp³-hybridized carbons (Fsp3) is 0.179. The molecule has 0 saturated carbocycles. The Morgan fingerprint density at radius 3 is 2.21 bits per heavy atom. The van der Waals surface area contributed by atoms with E-state index in [1.807, 2.05) is 24.3 Å². The monoisotopic (exact) mass is 529 g/mol. The van der Waals surface area contributed by atoms with Gasteiger partial charge in [-0.3, -0.25) is 9.78 Å². The molecule has 3 amide bonds. The number of hydrogen-bond donors (Lipinski definition) is 2. The molecular formula is C28H27N5O4S. The van der Waals surface area contributed by atoms with Gasteiger partial charge in [0.15, 0.2) is 11.0 Å². The highest BCUT2D eigenvalue weighted by Gasteiger charge is 2.25. The Kier molecular flexibility index (Phi) is 7.50. The van der Waals surface area contributed by atoms with Gasteiger partial charge in [0.1, 0.15) is 5.75 Å². The molecule has 38 heavy (non-hydrogen) atoms. The Morgan fingerprint density at radius 1 is 0.842 bits per heavy atom. The molecule has 1 fully saturated rings. The van der Waals surface area contributed by atoms with E-state index in [1.165, 1.54) is 0 Å². The van der Waals surface area contributed by atoms with Crippen molar-refractivity contribution in [3.63, 3.8) is 0 Å². The third-order valence-electron chi connectivity index (χ3n) is 6.33. The van der Waals surface area contributed by atoms with Gasteiger partial charge in [0.05, 0.1) is 17.5 Å². The first-order valence-corrected chi connectivity index (χ1v) is 13.3. The second kappa shape index (κ2) is 11.3. The number of anilines is 2. The molecule has 0 bridgehead atoms. The number of para-hydroxylation sites is 1. The van der Waals surface area contributed by atoms with Crippen LogP contribution in [0.2, 0.25) is 0 Å². The summed E-state index contributed by atoms with van der Waals surface area (Å²) in [7, 11) is 0.0771. The summed E-state index contributed by atoms with van der Waals surface area (Å²) >= 11 is 0. The van der Waals surface area contributed by atoms with E-state index in [0.29, 0.717) is 59.3 Å². The van der Waals surface area contributed by atoms with Crippen LogP contribution in [0.4, 0.5) is 16.2 Å². The van der Waals surface area contributed by atoms with E-state index in [0.717, 1.165) is 5.39 Å². The van der Waals surface area contributed by atoms with Crippen molar-refractivity contribution in [2.75, 3.05) is 43.3 Å². The van der Waals surface area contributed by atoms with E-state index in [4.69, 9.17) is 4.74 Å². The van der Waals surface area contributed by atoms with E-state index in [1.54, 1.807) is 77.7 Å². The minimum Gasteiger partial charge on any atom is -0.497 e. The third-order valence-corrected chi connectivity index (χ3v) is 7.48. The van der Waals surface area contributed by atoms with Crippen molar-refractivity contribution in [3.8, 4) is 5.75 Å². The Morgan fingerprint density at radius 2 is 1.50 bits per heavy atom. The van der Waals surface area contributed by atoms with E-state index >= 15 is 0 Å². The maximum absolute atomic E-state index is 13.0. The number of piperazine rings is 1. The first kappa shape index (κ1) is 25.2. The van der Waals surface area contributed by atoms with E-state index in [2.05, 4.69) is 15.0 Å². The molecule has 1 unspecified atom stereocenters. The van der Waals surface area contributed by atoms with E-state index < -0.39 is 11.0 Å². The zero-order valence-electron chi connectivity index (χ0n) is 20.8. The van der Waals surface area contributed by atoms with Gasteiger partial charge in [-0.1, -0.05) is 18.2 Å². The highest BCUT2D eigenvalue weighted by Crippen LogP contribution is 2.22. The lowest BCUT2D eigenvalue weighted by atomic mass is 10.1. The molecule has 2 N–H and O–H groups in total. The van der Waals surface area contributed by atoms with Crippen molar-refractivity contribution < 1.29 is 18.5 Å². The summed E-state index contributed by atoms with van der Waals surface area (Å²) in [5.41, 5.74) is 2.53. The molecule has 10 heteroatoms. The molecule has 1 saturated heterocycles. The number of pyridine rings is 1. The largest absolute Gasteiger partial charge is 0.497 e. The molecule has 1 aliphatic heterocycles. The number of carbonyl (C=O) groups excluding carboxylic acids is 2. The first-order chi connectivity index (χ1) is 18.5. The van der Waals surface area contributed by atoms with E-state index in [9.17, 15) is 13.8 Å². The van der Waals surface area contributed by atoms with Crippen molar-refractivity contribution in [1.82, 2.24) is 14.8 Å². The summed E-state index contributed by atoms with van der Waals surface area (Å²) in [6.07, 6.45) is 1.68. The van der Waals surface area contributed by atoms with Gasteiger partial charge in [-0.2, -0.15) is 0 Å². The third kappa shape index (κ3) is 5.60. The highest BCUT2D eigenvalue weighted by molar-refractivity contribution is 7.86. The number of hydrogen-bond acceptors (Lipinski definition) is 5. The number of amides is 3. The predicted octanol–water partition coefficient (Wildman–Crippen LogP) is 4.37. The number of carbonyl (C=O) groups is 2. The van der Waals surface area contributed by atoms with Crippen LogP contribution in [-0.2, 0) is 11.0 Å². The van der Waals surface area contributed by atoms with Gasteiger partial charge in [-0.05, 0) is 60.7 Å². The fourth-order valence-electron chi connectivity index (χ4n) is 4.24. The Bertz CT molecular complexity index is 1460. The minimum atomic E-state index is -1.51. The second-order valence-electron chi connectivity index (χ2n) is 8.72. The Labute approximate surface area is 223 Å². The topological polar surface area (TPSA) is 104 Å². The summed E-state index contributed by atoms with van der Waals surface area (Å²) in [5.74, 6) is 0.612. The van der Waals surface area contributed by atoms with Gasteiger partial charge in [0.25, 0.3) is 5.91 Å². The number of urea groups is 1. The predicted molar refractivity (Wildman–Crippen MR) is 148 cm³/mol. The van der Waals surface area contributed by atoms with Crippen LogP contribution in [0.5, 0.6) is 5.75 Å². The normalized spacial score (nSPS) is 14.1. The maximum Gasteiger partial charge on any atom is 0.321 e. The van der Waals surface area contributed by atoms with Crippen LogP contribution in [0.3, 0.4) is 0 Å². The van der Waals surface area contributed by atoms with Crippen LogP contribution in [0.25, 0.3) is 10.9 Å². The average molecular weight is 530 g/mol. The number of benzene rings is 3. The number of rotatable bonds is 6. The van der Waals surface area contributed by atoms with Crippen molar-refractivity contribution in [2.45, 2.75) is 4.90 Å². The molecule has 4 aromatic rings. The smallest absolute Gasteiger partial charge is 0.321 e. The SMILES string of the molecule is COc1ccc(NC(=O)N2CCN(C(=O)c3ccc(NS(=O)c4cccc5cccnc45)cc3)CC2)cc1. The number of aromatic nitrogens is 1. The molecule has 0 radical (unpaired) electrons. The number of methoxy groups -OCH3 is 1. The molecule has 9 nitrogen and oxygen atoms in total. The lowest BCUT2D eigenvalue weighted by Crippen LogP contribution is -2.51. The van der Waals surface area contributed by atoms with Gasteiger partial charge in [-0.25, -0.2) is 9.00 Å². The quantitative estimate of drug-likeness (QED) is 0.386. The van der Waals surface area contributed by atoms with Crippen molar-refractivity contribution in [3.05, 3.63) is 90.6 Å². The first-order valence-electron chi connectivity index (χ1n) is 12.1. The van der Waals surface area contributed by atoms with Gasteiger partial charge in [0, 0.05) is 54.7 Å². The zero-order chi connectivity index (χ0) is 26.5. The standard InChI is InChI=1S/C28H27N5O4S/c1-37-24-13-11-22(12-14-24)30-28(35)33-18-16-32(17-19-33)27(34)21-7-9-23(10-8-21)31-38(36)25-6-2-4-20-5-3-15-29-26(20)25/h2-15,31H,16-19H2,1H3,(H,30,35). The second-order valence-corrected chi connectivity index (χ2v) is 9.90. The molecule has 1 aliphatic rings. The van der Waals surface area contributed by atoms with Gasteiger partial charge < -0.3 is 24.6 Å². The highest BCUT2D eigenvalue weighted by atomic mass is 32.2. The Hall–Kier alpha value is -4.44. The fourth-order valence-corrected chi connectivity index (χ4v) is 5.25. The van der Waals surface area contributed by atoms with Crippen LogP contribution in [0.1, 0.15) is 10.4 Å². The average Bonchev–Trinajstić information content (AvgIpc) is 2.97. The zero-order valence-corrected chi connectivity index (χ0v) is 21.6. The minimum absolute atomic E-state index is 0.105. The maximum atomic E-state index is 13.0. The Balaban J connectivity index is 1.15. The molecule has 0 spiro atoms. The molecular weight excluding hydrogens is 502 g/mol. The summed E-state index contributed by atoms with van der Waals surface area (Å²) < 4.78 is 21.1. The van der Waals surface area contributed by atoms with Crippen LogP contribution in [0, 0.1) is 0 Å². The van der Waals surface area contributed by atoms with Crippen LogP contribution < -0.4 is 14.8 Å². The van der Waals surface area contributed by atoms with Crippen LogP contribution >= 0.6 is 0 Å². The molecule has 2 heterocycles. The summed E-state index contributed by atoms with van der Waals surface area (Å²) in [6.45, 7) is 1.75. The van der Waals surface area contributed by atoms with Gasteiger partial charge >= 0.3 is 6.03 Å². The van der Waals surface area contributed by atoms with Gasteiger partial charge in [0.2, 0.25) is 0 Å². The number of fused-ring (bicyclic) bond motifs is 1. The molecule has 1 atom stereocenters. The van der Waals surface area contributed by atoms with Crippen LogP contribution in [0.15, 0.2) is 90.0 Å². The lowest BCUT2D eigenvalue weighted by Gasteiger charge is -2.34.